The number of ether oxygens (including phenoxy) is 1. The van der Waals surface area contributed by atoms with E-state index in [1.165, 1.54) is 49.2 Å². The van der Waals surface area contributed by atoms with E-state index in [4.69, 9.17) is 4.74 Å². The summed E-state index contributed by atoms with van der Waals surface area (Å²) < 4.78 is 5.31. The molecule has 2 aliphatic carbocycles. The molecule has 1 N–H and O–H groups in total. The zero-order valence-electron chi connectivity index (χ0n) is 16.1. The van der Waals surface area contributed by atoms with Gasteiger partial charge in [-0.3, -0.25) is 4.79 Å². The number of carbonyl (C=O) groups is 2. The van der Waals surface area contributed by atoms with Gasteiger partial charge in [0.05, 0.1) is 16.8 Å². The average Bonchev–Trinajstić information content (AvgIpc) is 3.20. The largest absolute Gasteiger partial charge is 0.465 e. The van der Waals surface area contributed by atoms with Crippen LogP contribution in [0.5, 0.6) is 0 Å². The first-order valence-corrected chi connectivity index (χ1v) is 12.5. The molecule has 3 fully saturated rings. The number of nitrogens with one attached hydrogen (secondary N) is 1. The van der Waals surface area contributed by atoms with Crippen LogP contribution in [0.4, 0.5) is 5.00 Å². The average molecular weight is 426 g/mol. The van der Waals surface area contributed by atoms with E-state index < -0.39 is 0 Å². The van der Waals surface area contributed by atoms with Gasteiger partial charge in [0.15, 0.2) is 0 Å². The summed E-state index contributed by atoms with van der Waals surface area (Å²) in [6.07, 6.45) is 5.79. The second kappa shape index (κ2) is 7.64. The number of hydrogen-bond donors (Lipinski definition) is 1. The molecule has 3 aliphatic rings. The Balaban J connectivity index is 1.52. The fraction of sp³-hybridized carbons (Fsp3) is 0.700. The molecule has 4 nitrogen and oxygen atoms in total. The Kier molecular flexibility index (Phi) is 5.56. The maximum Gasteiger partial charge on any atom is 0.341 e. The summed E-state index contributed by atoms with van der Waals surface area (Å²) in [6, 6.07) is 0. The van der Waals surface area contributed by atoms with Gasteiger partial charge in [0.25, 0.3) is 0 Å². The predicted octanol–water partition coefficient (Wildman–Crippen LogP) is 5.09. The molecule has 27 heavy (non-hydrogen) atoms. The molecule has 2 heterocycles. The van der Waals surface area contributed by atoms with E-state index in [1.54, 1.807) is 0 Å². The Morgan fingerprint density at radius 1 is 1.11 bits per heavy atom. The van der Waals surface area contributed by atoms with E-state index in [9.17, 15) is 9.59 Å². The first-order valence-electron chi connectivity index (χ1n) is 9.73. The van der Waals surface area contributed by atoms with E-state index >= 15 is 0 Å². The van der Waals surface area contributed by atoms with Gasteiger partial charge < -0.3 is 10.1 Å². The van der Waals surface area contributed by atoms with Crippen molar-refractivity contribution < 1.29 is 14.3 Å². The lowest BCUT2D eigenvalue weighted by Gasteiger charge is -2.52. The van der Waals surface area contributed by atoms with Crippen molar-refractivity contribution in [3.05, 3.63) is 16.0 Å². The van der Waals surface area contributed by atoms with Gasteiger partial charge in [-0.2, -0.15) is 0 Å². The molecule has 1 saturated heterocycles. The number of thiophene rings is 1. The van der Waals surface area contributed by atoms with Crippen LogP contribution in [0.15, 0.2) is 0 Å². The Hall–Kier alpha value is -0.660. The zero-order chi connectivity index (χ0) is 19.2. The van der Waals surface area contributed by atoms with Crippen LogP contribution in [0.25, 0.3) is 0 Å². The number of esters is 1. The Morgan fingerprint density at radius 2 is 1.74 bits per heavy atom. The molecule has 1 aromatic rings. The Labute approximate surface area is 173 Å². The quantitative estimate of drug-likeness (QED) is 0.684. The van der Waals surface area contributed by atoms with Crippen molar-refractivity contribution in [3.63, 3.8) is 0 Å². The number of aryl methyl sites for hydroxylation is 1. The molecule has 1 spiro atoms. The summed E-state index contributed by atoms with van der Waals surface area (Å²) in [5, 5.41) is 3.74. The molecular formula is C20H27NO3S3. The van der Waals surface area contributed by atoms with Gasteiger partial charge in [-0.05, 0) is 56.9 Å². The van der Waals surface area contributed by atoms with Crippen LogP contribution < -0.4 is 5.32 Å². The van der Waals surface area contributed by atoms with Crippen molar-refractivity contribution >= 4 is 51.7 Å². The highest BCUT2D eigenvalue weighted by Crippen LogP contribution is 2.64. The first kappa shape index (κ1) is 19.6. The molecule has 2 unspecified atom stereocenters. The second-order valence-electron chi connectivity index (χ2n) is 7.88. The minimum Gasteiger partial charge on any atom is -0.465 e. The summed E-state index contributed by atoms with van der Waals surface area (Å²) in [4.78, 5) is 26.3. The van der Waals surface area contributed by atoms with Crippen LogP contribution in [0, 0.1) is 31.6 Å². The minimum absolute atomic E-state index is 0.0564. The number of thioether (sulfide) groups is 2. The maximum absolute atomic E-state index is 13.1. The number of amides is 1. The van der Waals surface area contributed by atoms with Crippen molar-refractivity contribution in [2.45, 2.75) is 50.0 Å². The monoisotopic (exact) mass is 425 g/mol. The topological polar surface area (TPSA) is 55.4 Å². The summed E-state index contributed by atoms with van der Waals surface area (Å²) in [5.41, 5.74) is 1.42. The first-order chi connectivity index (χ1) is 13.0. The van der Waals surface area contributed by atoms with Crippen LogP contribution in [-0.2, 0) is 9.53 Å². The van der Waals surface area contributed by atoms with Crippen LogP contribution in [0.1, 0.15) is 52.9 Å². The lowest BCUT2D eigenvalue weighted by Crippen LogP contribution is -2.48. The maximum atomic E-state index is 13.1. The fourth-order valence-electron chi connectivity index (χ4n) is 5.10. The van der Waals surface area contributed by atoms with Crippen LogP contribution >= 0.6 is 34.9 Å². The second-order valence-corrected chi connectivity index (χ2v) is 12.1. The highest BCUT2D eigenvalue weighted by molar-refractivity contribution is 8.21. The highest BCUT2D eigenvalue weighted by atomic mass is 32.2. The van der Waals surface area contributed by atoms with Gasteiger partial charge in [0.1, 0.15) is 5.00 Å². The number of carbonyl (C=O) groups excluding carboxylic acids is 2. The molecule has 1 aliphatic heterocycles. The normalized spacial score (nSPS) is 28.9. The minimum atomic E-state index is -0.370. The fourth-order valence-corrected chi connectivity index (χ4v) is 10.1. The summed E-state index contributed by atoms with van der Waals surface area (Å²) in [5.74, 6) is 3.57. The van der Waals surface area contributed by atoms with Crippen LogP contribution in [0.2, 0.25) is 0 Å². The van der Waals surface area contributed by atoms with E-state index in [-0.39, 0.29) is 17.8 Å². The van der Waals surface area contributed by atoms with E-state index in [0.717, 1.165) is 23.3 Å². The SMILES string of the molecule is COC(=O)c1c(NC(=O)C2CC3CCCC(C2)C32SCCS2)sc(C)c1C. The smallest absolute Gasteiger partial charge is 0.341 e. The molecule has 7 heteroatoms. The zero-order valence-corrected chi connectivity index (χ0v) is 18.6. The van der Waals surface area contributed by atoms with E-state index in [0.29, 0.717) is 26.5 Å². The third-order valence-corrected chi connectivity index (χ3v) is 11.6. The molecule has 1 amide bonds. The van der Waals surface area contributed by atoms with Crippen molar-refractivity contribution in [1.82, 2.24) is 0 Å². The number of hydrogen-bond acceptors (Lipinski definition) is 6. The van der Waals surface area contributed by atoms with Crippen molar-refractivity contribution in [3.8, 4) is 0 Å². The molecule has 148 valence electrons. The summed E-state index contributed by atoms with van der Waals surface area (Å²) in [7, 11) is 1.39. The molecule has 0 aromatic carbocycles. The molecular weight excluding hydrogens is 398 g/mol. The lowest BCUT2D eigenvalue weighted by atomic mass is 9.67. The summed E-state index contributed by atoms with van der Waals surface area (Å²) >= 11 is 5.80. The number of anilines is 1. The lowest BCUT2D eigenvalue weighted by molar-refractivity contribution is -0.122. The molecule has 2 saturated carbocycles. The molecule has 0 radical (unpaired) electrons. The van der Waals surface area contributed by atoms with Crippen LogP contribution in [-0.4, -0.2) is 34.6 Å². The van der Waals surface area contributed by atoms with E-state index in [1.807, 2.05) is 13.8 Å². The van der Waals surface area contributed by atoms with Gasteiger partial charge >= 0.3 is 5.97 Å². The Morgan fingerprint density at radius 3 is 2.33 bits per heavy atom. The van der Waals surface area contributed by atoms with Gasteiger partial charge in [-0.15, -0.1) is 34.9 Å². The van der Waals surface area contributed by atoms with Gasteiger partial charge in [-0.1, -0.05) is 6.42 Å². The third kappa shape index (κ3) is 3.33. The molecule has 2 atom stereocenters. The van der Waals surface area contributed by atoms with Crippen molar-refractivity contribution in [1.29, 1.82) is 0 Å². The van der Waals surface area contributed by atoms with Crippen molar-refractivity contribution in [2.75, 3.05) is 23.9 Å². The van der Waals surface area contributed by atoms with Crippen LogP contribution in [0.3, 0.4) is 0 Å². The van der Waals surface area contributed by atoms with Gasteiger partial charge in [0, 0.05) is 22.3 Å². The standard InChI is InChI=1S/C20H27NO3S3/c1-11-12(2)27-18(16(11)19(23)24-3)21-17(22)13-9-14-5-4-6-15(10-13)20(14)25-7-8-26-20/h13-15H,4-10H2,1-3H3,(H,21,22). The van der Waals surface area contributed by atoms with Gasteiger partial charge in [-0.25, -0.2) is 4.79 Å². The molecule has 2 bridgehead atoms. The third-order valence-electron chi connectivity index (χ3n) is 6.50. The Bertz CT molecular complexity index is 738. The molecule has 4 rings (SSSR count). The van der Waals surface area contributed by atoms with E-state index in [2.05, 4.69) is 28.8 Å². The number of rotatable bonds is 3. The number of methoxy groups -OCH3 is 1. The summed E-state index contributed by atoms with van der Waals surface area (Å²) in [6.45, 7) is 3.89. The van der Waals surface area contributed by atoms with Gasteiger partial charge in [0.2, 0.25) is 5.91 Å². The highest BCUT2D eigenvalue weighted by Gasteiger charge is 2.55. The molecule has 1 aromatic heterocycles. The van der Waals surface area contributed by atoms with Crippen molar-refractivity contribution in [2.24, 2.45) is 17.8 Å². The predicted molar refractivity (Wildman–Crippen MR) is 115 cm³/mol.